The number of aromatic nitrogens is 1. The first kappa shape index (κ1) is 19.0. The summed E-state index contributed by atoms with van der Waals surface area (Å²) in [5.41, 5.74) is 0.729. The number of hydrogen-bond donors (Lipinski definition) is 1. The highest BCUT2D eigenvalue weighted by atomic mass is 79.9. The number of fused-ring (bicyclic) bond motifs is 1. The maximum atomic E-state index is 12.4. The van der Waals surface area contributed by atoms with Crippen LogP contribution in [0.3, 0.4) is 0 Å². The summed E-state index contributed by atoms with van der Waals surface area (Å²) >= 11 is 3.41. The van der Waals surface area contributed by atoms with Gasteiger partial charge < -0.3 is 19.7 Å². The van der Waals surface area contributed by atoms with Gasteiger partial charge in [-0.25, -0.2) is 4.98 Å². The largest absolute Gasteiger partial charge is 0.490 e. The minimum Gasteiger partial charge on any atom is -0.490 e. The van der Waals surface area contributed by atoms with E-state index in [4.69, 9.17) is 9.47 Å². The molecule has 1 amide bonds. The van der Waals surface area contributed by atoms with Crippen molar-refractivity contribution in [2.45, 2.75) is 6.42 Å². The van der Waals surface area contributed by atoms with E-state index in [-0.39, 0.29) is 5.91 Å². The number of carbonyl (C=O) groups is 1. The standard InChI is InChI=1S/C20H23BrN4O3/c21-15-2-5-19(22-13-15)25-8-6-24(7-9-25)14-20(26)23-16-3-4-17-18(12-16)28-11-1-10-27-17/h2-5,12-13H,1,6-11,14H2,(H,23,26). The van der Waals surface area contributed by atoms with Crippen molar-refractivity contribution in [3.05, 3.63) is 41.0 Å². The third kappa shape index (κ3) is 4.74. The molecule has 3 heterocycles. The molecule has 8 heteroatoms. The summed E-state index contributed by atoms with van der Waals surface area (Å²) in [6.07, 6.45) is 2.67. The molecule has 1 saturated heterocycles. The average molecular weight is 447 g/mol. The zero-order valence-corrected chi connectivity index (χ0v) is 17.2. The summed E-state index contributed by atoms with van der Waals surface area (Å²) in [6, 6.07) is 9.53. The Balaban J connectivity index is 1.28. The van der Waals surface area contributed by atoms with Gasteiger partial charge in [0.1, 0.15) is 5.82 Å². The number of benzene rings is 1. The smallest absolute Gasteiger partial charge is 0.238 e. The van der Waals surface area contributed by atoms with Crippen LogP contribution < -0.4 is 19.7 Å². The Labute approximate surface area is 172 Å². The molecule has 4 rings (SSSR count). The molecule has 0 unspecified atom stereocenters. The molecule has 2 aromatic rings. The number of carbonyl (C=O) groups excluding carboxylic acids is 1. The summed E-state index contributed by atoms with van der Waals surface area (Å²) < 4.78 is 12.3. The lowest BCUT2D eigenvalue weighted by atomic mass is 10.2. The first-order valence-electron chi connectivity index (χ1n) is 9.46. The third-order valence-electron chi connectivity index (χ3n) is 4.81. The van der Waals surface area contributed by atoms with Gasteiger partial charge in [-0.05, 0) is 40.2 Å². The molecular formula is C20H23BrN4O3. The molecule has 2 aliphatic rings. The number of halogens is 1. The first-order chi connectivity index (χ1) is 13.7. The van der Waals surface area contributed by atoms with E-state index in [1.54, 1.807) is 0 Å². The second-order valence-electron chi connectivity index (χ2n) is 6.86. The van der Waals surface area contributed by atoms with Crippen LogP contribution in [-0.4, -0.2) is 61.7 Å². The molecule has 1 aromatic carbocycles. The van der Waals surface area contributed by atoms with Crippen LogP contribution in [-0.2, 0) is 4.79 Å². The highest BCUT2D eigenvalue weighted by Gasteiger charge is 2.20. The molecule has 0 aliphatic carbocycles. The Kier molecular flexibility index (Phi) is 5.97. The Morgan fingerprint density at radius 2 is 1.86 bits per heavy atom. The molecule has 1 fully saturated rings. The van der Waals surface area contributed by atoms with E-state index in [1.807, 2.05) is 36.5 Å². The van der Waals surface area contributed by atoms with Gasteiger partial charge in [0.05, 0.1) is 19.8 Å². The number of nitrogens with zero attached hydrogens (tertiary/aromatic N) is 3. The van der Waals surface area contributed by atoms with Gasteiger partial charge in [0, 0.05) is 55.0 Å². The Morgan fingerprint density at radius 3 is 2.61 bits per heavy atom. The number of anilines is 2. The number of rotatable bonds is 4. The third-order valence-corrected chi connectivity index (χ3v) is 5.28. The fourth-order valence-electron chi connectivity index (χ4n) is 3.33. The molecule has 0 bridgehead atoms. The summed E-state index contributed by atoms with van der Waals surface area (Å²) in [5.74, 6) is 2.36. The predicted octanol–water partition coefficient (Wildman–Crippen LogP) is 2.77. The van der Waals surface area contributed by atoms with Crippen LogP contribution in [0.25, 0.3) is 0 Å². The molecule has 0 spiro atoms. The zero-order valence-electron chi connectivity index (χ0n) is 15.6. The average Bonchev–Trinajstić information content (AvgIpc) is 2.94. The molecule has 28 heavy (non-hydrogen) atoms. The number of amides is 1. The lowest BCUT2D eigenvalue weighted by molar-refractivity contribution is -0.117. The van der Waals surface area contributed by atoms with Crippen molar-refractivity contribution in [2.75, 3.05) is 56.2 Å². The number of hydrogen-bond acceptors (Lipinski definition) is 6. The first-order valence-corrected chi connectivity index (χ1v) is 10.2. The van der Waals surface area contributed by atoms with Crippen molar-refractivity contribution in [2.24, 2.45) is 0 Å². The van der Waals surface area contributed by atoms with Crippen molar-refractivity contribution in [3.63, 3.8) is 0 Å². The molecule has 148 valence electrons. The summed E-state index contributed by atoms with van der Waals surface area (Å²) in [4.78, 5) is 21.3. The van der Waals surface area contributed by atoms with Crippen LogP contribution in [0.4, 0.5) is 11.5 Å². The van der Waals surface area contributed by atoms with Crippen LogP contribution in [0.5, 0.6) is 11.5 Å². The molecule has 1 N–H and O–H groups in total. The lowest BCUT2D eigenvalue weighted by Crippen LogP contribution is -2.48. The fourth-order valence-corrected chi connectivity index (χ4v) is 3.57. The van der Waals surface area contributed by atoms with E-state index >= 15 is 0 Å². The molecule has 0 radical (unpaired) electrons. The van der Waals surface area contributed by atoms with Crippen LogP contribution in [0.1, 0.15) is 6.42 Å². The van der Waals surface area contributed by atoms with E-state index in [0.29, 0.717) is 25.5 Å². The monoisotopic (exact) mass is 446 g/mol. The minimum absolute atomic E-state index is 0.0234. The van der Waals surface area contributed by atoms with Gasteiger partial charge in [-0.15, -0.1) is 0 Å². The van der Waals surface area contributed by atoms with E-state index in [0.717, 1.165) is 54.3 Å². The summed E-state index contributed by atoms with van der Waals surface area (Å²) in [5, 5.41) is 2.96. The summed E-state index contributed by atoms with van der Waals surface area (Å²) in [6.45, 7) is 5.01. The predicted molar refractivity (Wildman–Crippen MR) is 111 cm³/mol. The van der Waals surface area contributed by atoms with Gasteiger partial charge in [0.25, 0.3) is 0 Å². The zero-order chi connectivity index (χ0) is 19.3. The minimum atomic E-state index is -0.0234. The van der Waals surface area contributed by atoms with Gasteiger partial charge in [-0.2, -0.15) is 0 Å². The number of ether oxygens (including phenoxy) is 2. The molecule has 0 atom stereocenters. The van der Waals surface area contributed by atoms with Gasteiger partial charge in [0.2, 0.25) is 5.91 Å². The van der Waals surface area contributed by atoms with Crippen molar-refractivity contribution in [3.8, 4) is 11.5 Å². The normalized spacial score (nSPS) is 17.1. The molecule has 2 aliphatic heterocycles. The Bertz CT molecular complexity index is 823. The van der Waals surface area contributed by atoms with Gasteiger partial charge in [-0.1, -0.05) is 0 Å². The van der Waals surface area contributed by atoms with Crippen LogP contribution in [0, 0.1) is 0 Å². The van der Waals surface area contributed by atoms with Crippen LogP contribution in [0.15, 0.2) is 41.0 Å². The highest BCUT2D eigenvalue weighted by molar-refractivity contribution is 9.10. The van der Waals surface area contributed by atoms with E-state index < -0.39 is 0 Å². The second kappa shape index (κ2) is 8.79. The topological polar surface area (TPSA) is 66.9 Å². The SMILES string of the molecule is O=C(CN1CCN(c2ccc(Br)cn2)CC1)Nc1ccc2c(c1)OCCCO2. The fraction of sp³-hybridized carbons (Fsp3) is 0.400. The van der Waals surface area contributed by atoms with Gasteiger partial charge >= 0.3 is 0 Å². The quantitative estimate of drug-likeness (QED) is 0.778. The number of piperazine rings is 1. The Hall–Kier alpha value is -2.32. The van der Waals surface area contributed by atoms with Gasteiger partial charge in [-0.3, -0.25) is 9.69 Å². The van der Waals surface area contributed by atoms with Gasteiger partial charge in [0.15, 0.2) is 11.5 Å². The molecule has 1 aromatic heterocycles. The van der Waals surface area contributed by atoms with E-state index in [2.05, 4.69) is 36.0 Å². The molecular weight excluding hydrogens is 424 g/mol. The maximum absolute atomic E-state index is 12.4. The van der Waals surface area contributed by atoms with E-state index in [1.165, 1.54) is 0 Å². The van der Waals surface area contributed by atoms with Crippen molar-refractivity contribution in [1.29, 1.82) is 0 Å². The van der Waals surface area contributed by atoms with Crippen molar-refractivity contribution >= 4 is 33.3 Å². The highest BCUT2D eigenvalue weighted by Crippen LogP contribution is 2.32. The number of pyridine rings is 1. The van der Waals surface area contributed by atoms with E-state index in [9.17, 15) is 4.79 Å². The Morgan fingerprint density at radius 1 is 1.07 bits per heavy atom. The molecule has 0 saturated carbocycles. The van der Waals surface area contributed by atoms with Crippen LogP contribution in [0.2, 0.25) is 0 Å². The molecule has 7 nitrogen and oxygen atoms in total. The summed E-state index contributed by atoms with van der Waals surface area (Å²) in [7, 11) is 0. The van der Waals surface area contributed by atoms with Crippen molar-refractivity contribution < 1.29 is 14.3 Å². The van der Waals surface area contributed by atoms with Crippen molar-refractivity contribution in [1.82, 2.24) is 9.88 Å². The maximum Gasteiger partial charge on any atom is 0.238 e. The van der Waals surface area contributed by atoms with Crippen LogP contribution >= 0.6 is 15.9 Å². The lowest BCUT2D eigenvalue weighted by Gasteiger charge is -2.35. The number of nitrogens with one attached hydrogen (secondary N) is 1. The second-order valence-corrected chi connectivity index (χ2v) is 7.77.